The number of aliphatic carboxylic acids is 2. The molecule has 1 aromatic rings. The largest absolute Gasteiger partial charge is 0.481 e. The van der Waals surface area contributed by atoms with E-state index in [9.17, 15) is 9.59 Å². The summed E-state index contributed by atoms with van der Waals surface area (Å²) < 4.78 is 0. The van der Waals surface area contributed by atoms with Crippen LogP contribution in [0.4, 0.5) is 0 Å². The van der Waals surface area contributed by atoms with Crippen LogP contribution in [0, 0.1) is 17.8 Å². The third kappa shape index (κ3) is 16.0. The first-order valence-electron chi connectivity index (χ1n) is 8.12. The van der Waals surface area contributed by atoms with Gasteiger partial charge in [-0.15, -0.1) is 0 Å². The molecule has 1 aromatic carbocycles. The van der Waals surface area contributed by atoms with Gasteiger partial charge in [-0.05, 0) is 59.9 Å². The van der Waals surface area contributed by atoms with Gasteiger partial charge in [0.05, 0.1) is 10.8 Å². The van der Waals surface area contributed by atoms with E-state index in [-0.39, 0.29) is 19.5 Å². The van der Waals surface area contributed by atoms with Crippen LogP contribution in [0.3, 0.4) is 0 Å². The van der Waals surface area contributed by atoms with Crippen LogP contribution in [-0.2, 0) is 29.1 Å². The molecule has 4 nitrogen and oxygen atoms in total. The zero-order valence-electron chi connectivity index (χ0n) is 17.0. The summed E-state index contributed by atoms with van der Waals surface area (Å²) in [5, 5.41) is 16.5. The molecule has 0 aliphatic carbocycles. The molecule has 0 saturated heterocycles. The number of aryl methyl sites for hydroxylation is 1. The molecule has 0 radical (unpaired) electrons. The molecule has 25 heavy (non-hydrogen) atoms. The number of carboxylic acid groups (broad SMARTS) is 2. The Balaban J connectivity index is -0.000000293. The minimum Gasteiger partial charge on any atom is -0.481 e. The number of rotatable bonds is 1. The molecular weight excluding hydrogens is 405 g/mol. The van der Waals surface area contributed by atoms with Crippen molar-refractivity contribution in [1.82, 2.24) is 0 Å². The van der Waals surface area contributed by atoms with E-state index in [1.54, 1.807) is 41.5 Å². The van der Waals surface area contributed by atoms with Crippen molar-refractivity contribution in [2.45, 2.75) is 68.2 Å². The molecule has 0 unspecified atom stereocenters. The van der Waals surface area contributed by atoms with Crippen molar-refractivity contribution in [3.05, 3.63) is 35.4 Å². The minimum atomic E-state index is -0.757. The van der Waals surface area contributed by atoms with Crippen LogP contribution >= 0.6 is 0 Å². The van der Waals surface area contributed by atoms with E-state index in [2.05, 4.69) is 45.0 Å². The monoisotopic (exact) mass is 440 g/mol. The quantitative estimate of drug-likeness (QED) is 0.579. The Morgan fingerprint density at radius 1 is 0.800 bits per heavy atom. The maximum Gasteiger partial charge on any atom is 0.308 e. The van der Waals surface area contributed by atoms with Gasteiger partial charge in [0, 0.05) is 19.5 Å². The molecule has 146 valence electrons. The molecular formula is C20H34O4Ru. The van der Waals surface area contributed by atoms with Gasteiger partial charge in [0.2, 0.25) is 0 Å². The molecule has 2 N–H and O–H groups in total. The van der Waals surface area contributed by atoms with Crippen LogP contribution in [0.5, 0.6) is 0 Å². The number of carboxylic acids is 2. The van der Waals surface area contributed by atoms with Crippen molar-refractivity contribution in [3.63, 3.8) is 0 Å². The summed E-state index contributed by atoms with van der Waals surface area (Å²) in [7, 11) is 0. The van der Waals surface area contributed by atoms with E-state index in [1.807, 2.05) is 0 Å². The maximum atomic E-state index is 10.0. The van der Waals surface area contributed by atoms with Gasteiger partial charge in [-0.3, -0.25) is 9.59 Å². The maximum absolute atomic E-state index is 10.0. The molecule has 5 heteroatoms. The molecule has 0 atom stereocenters. The van der Waals surface area contributed by atoms with Gasteiger partial charge in [-0.1, -0.05) is 43.7 Å². The van der Waals surface area contributed by atoms with Gasteiger partial charge in [-0.25, -0.2) is 0 Å². The Bertz CT molecular complexity index is 482. The van der Waals surface area contributed by atoms with Crippen molar-refractivity contribution >= 4 is 11.9 Å². The molecule has 0 amide bonds. The van der Waals surface area contributed by atoms with Gasteiger partial charge < -0.3 is 10.2 Å². The van der Waals surface area contributed by atoms with Gasteiger partial charge in [0.25, 0.3) is 0 Å². The van der Waals surface area contributed by atoms with Crippen LogP contribution in [0.2, 0.25) is 0 Å². The van der Waals surface area contributed by atoms with E-state index in [4.69, 9.17) is 10.2 Å². The van der Waals surface area contributed by atoms with Gasteiger partial charge in [0.1, 0.15) is 0 Å². The third-order valence-corrected chi connectivity index (χ3v) is 3.03. The fourth-order valence-corrected chi connectivity index (χ4v) is 0.951. The second-order valence-corrected chi connectivity index (χ2v) is 8.18. The molecule has 0 aliphatic rings. The fraction of sp³-hybridized carbons (Fsp3) is 0.600. The summed E-state index contributed by atoms with van der Waals surface area (Å²) in [6.45, 7) is 16.5. The first-order chi connectivity index (χ1) is 10.6. The number of carbonyl (C=O) groups is 2. The summed E-state index contributed by atoms with van der Waals surface area (Å²) >= 11 is 0. The fourth-order valence-electron chi connectivity index (χ4n) is 0.951. The normalized spacial score (nSPS) is 10.5. The molecule has 0 aliphatic heterocycles. The Hall–Kier alpha value is -1.22. The molecule has 0 heterocycles. The van der Waals surface area contributed by atoms with Crippen molar-refractivity contribution in [1.29, 1.82) is 0 Å². The molecule has 0 fully saturated rings. The number of hydrogen-bond acceptors (Lipinski definition) is 2. The Labute approximate surface area is 165 Å². The van der Waals surface area contributed by atoms with Crippen LogP contribution in [0.15, 0.2) is 24.3 Å². The van der Waals surface area contributed by atoms with E-state index in [0.717, 1.165) is 0 Å². The van der Waals surface area contributed by atoms with Crippen LogP contribution in [0.1, 0.15) is 72.4 Å². The summed E-state index contributed by atoms with van der Waals surface area (Å²) in [6.07, 6.45) is 0. The van der Waals surface area contributed by atoms with Crippen LogP contribution in [-0.4, -0.2) is 22.2 Å². The van der Waals surface area contributed by atoms with E-state index >= 15 is 0 Å². The van der Waals surface area contributed by atoms with E-state index < -0.39 is 22.8 Å². The van der Waals surface area contributed by atoms with Gasteiger partial charge >= 0.3 is 11.9 Å². The Morgan fingerprint density at radius 3 is 1.20 bits per heavy atom. The first kappa shape index (κ1) is 28.6. The molecule has 0 saturated carbocycles. The average Bonchev–Trinajstić information content (AvgIpc) is 2.38. The zero-order chi connectivity index (χ0) is 19.7. The first-order valence-corrected chi connectivity index (χ1v) is 8.12. The summed E-state index contributed by atoms with van der Waals surface area (Å²) in [6, 6.07) is 8.71. The van der Waals surface area contributed by atoms with Crippen molar-refractivity contribution < 1.29 is 39.3 Å². The van der Waals surface area contributed by atoms with Crippen molar-refractivity contribution in [3.8, 4) is 0 Å². The Morgan fingerprint density at radius 2 is 1.04 bits per heavy atom. The zero-order valence-corrected chi connectivity index (χ0v) is 18.7. The number of hydrogen-bond donors (Lipinski definition) is 2. The van der Waals surface area contributed by atoms with Crippen LogP contribution in [0.25, 0.3) is 0 Å². The molecule has 0 spiro atoms. The average molecular weight is 440 g/mol. The smallest absolute Gasteiger partial charge is 0.308 e. The molecule has 0 aromatic heterocycles. The summed E-state index contributed by atoms with van der Waals surface area (Å²) in [5.41, 5.74) is 1.59. The number of benzene rings is 1. The standard InChI is InChI=1S/C10H14.2C5H10O2.Ru/c1-8(2)10-6-4-9(3)5-7-10;2*1-5(2,3)4(6)7;/h4-8H,1-3H3;2*1-3H3,(H,6,7);. The van der Waals surface area contributed by atoms with Crippen LogP contribution < -0.4 is 0 Å². The van der Waals surface area contributed by atoms with E-state index in [1.165, 1.54) is 11.1 Å². The second kappa shape index (κ2) is 12.2. The SMILES string of the molecule is CC(C)(C)C(=O)O.CC(C)(C)C(=O)O.Cc1ccc(C(C)C)cc1.[Ru]. The third-order valence-electron chi connectivity index (χ3n) is 3.03. The van der Waals surface area contributed by atoms with Crippen molar-refractivity contribution in [2.24, 2.45) is 10.8 Å². The predicted molar refractivity (Wildman–Crippen MR) is 99.4 cm³/mol. The predicted octanol–water partition coefficient (Wildman–Crippen LogP) is 5.35. The summed E-state index contributed by atoms with van der Waals surface area (Å²) in [5.74, 6) is -0.861. The van der Waals surface area contributed by atoms with Crippen molar-refractivity contribution in [2.75, 3.05) is 0 Å². The minimum absolute atomic E-state index is 0. The van der Waals surface area contributed by atoms with Gasteiger partial charge in [0.15, 0.2) is 0 Å². The second-order valence-electron chi connectivity index (χ2n) is 8.18. The summed E-state index contributed by atoms with van der Waals surface area (Å²) in [4.78, 5) is 20.0. The Kier molecular flexibility index (Phi) is 13.9. The molecule has 0 bridgehead atoms. The topological polar surface area (TPSA) is 74.6 Å². The van der Waals surface area contributed by atoms with Gasteiger partial charge in [-0.2, -0.15) is 0 Å². The van der Waals surface area contributed by atoms with E-state index in [0.29, 0.717) is 5.92 Å². The molecule has 1 rings (SSSR count).